The lowest BCUT2D eigenvalue weighted by Crippen LogP contribution is -2.49. The SMILES string of the molecule is CCOc1ccccc1N(CCN1CCN(c2cccc(C)c2)CC1)C(=O)O. The van der Waals surface area contributed by atoms with E-state index in [1.807, 2.05) is 25.1 Å². The fourth-order valence-corrected chi connectivity index (χ4v) is 3.57. The summed E-state index contributed by atoms with van der Waals surface area (Å²) < 4.78 is 5.61. The minimum absolute atomic E-state index is 0.421. The van der Waals surface area contributed by atoms with Gasteiger partial charge in [-0.15, -0.1) is 0 Å². The molecule has 0 bridgehead atoms. The highest BCUT2D eigenvalue weighted by atomic mass is 16.5. The van der Waals surface area contributed by atoms with Gasteiger partial charge in [-0.05, 0) is 43.7 Å². The van der Waals surface area contributed by atoms with Crippen molar-refractivity contribution in [3.63, 3.8) is 0 Å². The summed E-state index contributed by atoms with van der Waals surface area (Å²) in [6.07, 6.45) is -0.953. The molecule has 1 amide bonds. The molecule has 0 unspecified atom stereocenters. The molecule has 0 aromatic heterocycles. The third-order valence-electron chi connectivity index (χ3n) is 5.07. The number of nitrogens with zero attached hydrogens (tertiary/aromatic N) is 3. The average Bonchev–Trinajstić information content (AvgIpc) is 2.70. The second-order valence-electron chi connectivity index (χ2n) is 7.00. The normalized spacial score (nSPS) is 14.7. The molecule has 0 radical (unpaired) electrons. The number of benzene rings is 2. The van der Waals surface area contributed by atoms with Crippen molar-refractivity contribution in [2.75, 3.05) is 55.7 Å². The number of hydrogen-bond acceptors (Lipinski definition) is 4. The Labute approximate surface area is 166 Å². The Bertz CT molecular complexity index is 788. The summed E-state index contributed by atoms with van der Waals surface area (Å²) >= 11 is 0. The summed E-state index contributed by atoms with van der Waals surface area (Å²) in [5.74, 6) is 0.608. The molecule has 2 aromatic carbocycles. The van der Waals surface area contributed by atoms with Gasteiger partial charge in [0.15, 0.2) is 0 Å². The van der Waals surface area contributed by atoms with Gasteiger partial charge >= 0.3 is 6.09 Å². The molecule has 0 atom stereocenters. The van der Waals surface area contributed by atoms with Crippen LogP contribution in [0.5, 0.6) is 5.75 Å². The van der Waals surface area contributed by atoms with Crippen LogP contribution in [-0.4, -0.2) is 62.0 Å². The second kappa shape index (κ2) is 9.46. The topological polar surface area (TPSA) is 56.2 Å². The lowest BCUT2D eigenvalue weighted by atomic mass is 10.2. The van der Waals surface area contributed by atoms with E-state index >= 15 is 0 Å². The molecule has 0 saturated carbocycles. The van der Waals surface area contributed by atoms with Gasteiger partial charge in [-0.3, -0.25) is 9.80 Å². The number of anilines is 2. The van der Waals surface area contributed by atoms with Crippen LogP contribution in [0.4, 0.5) is 16.2 Å². The van der Waals surface area contributed by atoms with E-state index < -0.39 is 6.09 Å². The molecule has 0 aliphatic carbocycles. The van der Waals surface area contributed by atoms with Crippen LogP contribution in [0.15, 0.2) is 48.5 Å². The first-order valence-electron chi connectivity index (χ1n) is 9.84. The van der Waals surface area contributed by atoms with Crippen LogP contribution in [-0.2, 0) is 0 Å². The molecule has 1 saturated heterocycles. The molecular weight excluding hydrogens is 354 g/mol. The first-order valence-corrected chi connectivity index (χ1v) is 9.84. The Morgan fingerprint density at radius 1 is 1.11 bits per heavy atom. The molecule has 6 nitrogen and oxygen atoms in total. The van der Waals surface area contributed by atoms with Crippen molar-refractivity contribution in [1.29, 1.82) is 0 Å². The number of para-hydroxylation sites is 2. The number of piperazine rings is 1. The average molecular weight is 383 g/mol. The van der Waals surface area contributed by atoms with Gasteiger partial charge in [-0.1, -0.05) is 24.3 Å². The zero-order valence-electron chi connectivity index (χ0n) is 16.7. The molecule has 3 rings (SSSR count). The van der Waals surface area contributed by atoms with Crippen LogP contribution in [0, 0.1) is 6.92 Å². The Balaban J connectivity index is 1.58. The molecular formula is C22H29N3O3. The summed E-state index contributed by atoms with van der Waals surface area (Å²) in [6, 6.07) is 15.9. The van der Waals surface area contributed by atoms with Crippen molar-refractivity contribution in [2.24, 2.45) is 0 Å². The van der Waals surface area contributed by atoms with E-state index in [-0.39, 0.29) is 0 Å². The molecule has 6 heteroatoms. The maximum absolute atomic E-state index is 11.8. The van der Waals surface area contributed by atoms with Crippen molar-refractivity contribution in [3.05, 3.63) is 54.1 Å². The first kappa shape index (κ1) is 20.0. The van der Waals surface area contributed by atoms with Gasteiger partial charge in [-0.2, -0.15) is 0 Å². The smallest absolute Gasteiger partial charge is 0.411 e. The lowest BCUT2D eigenvalue weighted by Gasteiger charge is -2.37. The highest BCUT2D eigenvalue weighted by molar-refractivity contribution is 5.88. The predicted octanol–water partition coefficient (Wildman–Crippen LogP) is 3.70. The van der Waals surface area contributed by atoms with Crippen LogP contribution in [0.2, 0.25) is 0 Å². The number of rotatable bonds is 7. The quantitative estimate of drug-likeness (QED) is 0.790. The van der Waals surface area contributed by atoms with Gasteiger partial charge in [0.1, 0.15) is 5.75 Å². The van der Waals surface area contributed by atoms with Crippen molar-refractivity contribution in [2.45, 2.75) is 13.8 Å². The number of carboxylic acid groups (broad SMARTS) is 1. The van der Waals surface area contributed by atoms with E-state index in [1.54, 1.807) is 6.07 Å². The fourth-order valence-electron chi connectivity index (χ4n) is 3.57. The Kier molecular flexibility index (Phi) is 6.76. The molecule has 1 N–H and O–H groups in total. The molecule has 1 heterocycles. The third kappa shape index (κ3) is 4.95. The van der Waals surface area contributed by atoms with E-state index in [2.05, 4.69) is 41.0 Å². The van der Waals surface area contributed by atoms with E-state index in [0.29, 0.717) is 31.1 Å². The zero-order chi connectivity index (χ0) is 19.9. The van der Waals surface area contributed by atoms with Gasteiger partial charge in [-0.25, -0.2) is 4.79 Å². The molecule has 28 heavy (non-hydrogen) atoms. The molecule has 1 fully saturated rings. The summed E-state index contributed by atoms with van der Waals surface area (Å²) in [5, 5.41) is 9.71. The van der Waals surface area contributed by atoms with Crippen LogP contribution in [0.1, 0.15) is 12.5 Å². The lowest BCUT2D eigenvalue weighted by molar-refractivity contribution is 0.198. The first-order chi connectivity index (χ1) is 13.6. The van der Waals surface area contributed by atoms with Gasteiger partial charge in [0.2, 0.25) is 0 Å². The standard InChI is InChI=1S/C22H29N3O3/c1-3-28-21-10-5-4-9-20(21)25(22(26)27)16-13-23-11-14-24(15-12-23)19-8-6-7-18(2)17-19/h4-10,17H,3,11-16H2,1-2H3,(H,26,27). The Morgan fingerprint density at radius 2 is 1.86 bits per heavy atom. The van der Waals surface area contributed by atoms with Gasteiger partial charge in [0.05, 0.1) is 12.3 Å². The van der Waals surface area contributed by atoms with E-state index in [9.17, 15) is 9.90 Å². The van der Waals surface area contributed by atoms with Crippen LogP contribution < -0.4 is 14.5 Å². The van der Waals surface area contributed by atoms with Crippen molar-refractivity contribution in [1.82, 2.24) is 4.90 Å². The maximum Gasteiger partial charge on any atom is 0.411 e. The van der Waals surface area contributed by atoms with Gasteiger partial charge in [0.25, 0.3) is 0 Å². The highest BCUT2D eigenvalue weighted by Gasteiger charge is 2.22. The minimum Gasteiger partial charge on any atom is -0.492 e. The Morgan fingerprint density at radius 3 is 2.54 bits per heavy atom. The van der Waals surface area contributed by atoms with Crippen LogP contribution in [0.25, 0.3) is 0 Å². The summed E-state index contributed by atoms with van der Waals surface area (Å²) in [6.45, 7) is 9.39. The molecule has 0 spiro atoms. The largest absolute Gasteiger partial charge is 0.492 e. The predicted molar refractivity (Wildman–Crippen MR) is 113 cm³/mol. The molecule has 150 valence electrons. The summed E-state index contributed by atoms with van der Waals surface area (Å²) in [7, 11) is 0. The van der Waals surface area contributed by atoms with Crippen LogP contribution >= 0.6 is 0 Å². The minimum atomic E-state index is -0.953. The molecule has 1 aliphatic rings. The number of amides is 1. The summed E-state index contributed by atoms with van der Waals surface area (Å²) in [5.41, 5.74) is 3.14. The maximum atomic E-state index is 11.8. The Hall–Kier alpha value is -2.73. The van der Waals surface area contributed by atoms with E-state index in [0.717, 1.165) is 26.2 Å². The molecule has 1 aliphatic heterocycles. The number of aryl methyl sites for hydroxylation is 1. The number of ether oxygens (including phenoxy) is 1. The number of hydrogen-bond donors (Lipinski definition) is 1. The zero-order valence-corrected chi connectivity index (χ0v) is 16.7. The molecule has 2 aromatic rings. The summed E-state index contributed by atoms with van der Waals surface area (Å²) in [4.78, 5) is 17.9. The van der Waals surface area contributed by atoms with Gasteiger partial charge in [0, 0.05) is 45.0 Å². The van der Waals surface area contributed by atoms with Crippen molar-refractivity contribution >= 4 is 17.5 Å². The fraction of sp³-hybridized carbons (Fsp3) is 0.409. The van der Waals surface area contributed by atoms with Crippen molar-refractivity contribution < 1.29 is 14.6 Å². The van der Waals surface area contributed by atoms with Crippen LogP contribution in [0.3, 0.4) is 0 Å². The van der Waals surface area contributed by atoms with E-state index in [4.69, 9.17) is 4.74 Å². The monoisotopic (exact) mass is 383 g/mol. The highest BCUT2D eigenvalue weighted by Crippen LogP contribution is 2.28. The van der Waals surface area contributed by atoms with Gasteiger partial charge < -0.3 is 14.7 Å². The van der Waals surface area contributed by atoms with Crippen molar-refractivity contribution in [3.8, 4) is 5.75 Å². The third-order valence-corrected chi connectivity index (χ3v) is 5.07. The second-order valence-corrected chi connectivity index (χ2v) is 7.00. The number of carbonyl (C=O) groups is 1. The van der Waals surface area contributed by atoms with E-state index in [1.165, 1.54) is 16.2 Å².